The Labute approximate surface area is 126 Å². The number of benzene rings is 1. The standard InChI is InChI=1S/C13H17IN2O3/c1-13(2,3)19-11(18)7-16-10-6-8(17)4-5-9(10)12(14)15/h4-6,15-17H,7H2,1-3H3. The third-order valence-electron chi connectivity index (χ3n) is 2.08. The summed E-state index contributed by atoms with van der Waals surface area (Å²) in [5, 5.41) is 19.9. The second kappa shape index (κ2) is 6.23. The maximum absolute atomic E-state index is 11.6. The van der Waals surface area contributed by atoms with Crippen LogP contribution in [0.3, 0.4) is 0 Å². The number of anilines is 1. The monoisotopic (exact) mass is 376 g/mol. The van der Waals surface area contributed by atoms with Gasteiger partial charge in [-0.15, -0.1) is 0 Å². The van der Waals surface area contributed by atoms with E-state index in [0.29, 0.717) is 15.0 Å². The molecule has 1 rings (SSSR count). The van der Waals surface area contributed by atoms with Crippen LogP contribution in [-0.2, 0) is 9.53 Å². The zero-order valence-electron chi connectivity index (χ0n) is 11.1. The number of hydrogen-bond acceptors (Lipinski definition) is 5. The Morgan fingerprint density at radius 2 is 2.11 bits per heavy atom. The van der Waals surface area contributed by atoms with Crippen LogP contribution in [0.1, 0.15) is 26.3 Å². The van der Waals surface area contributed by atoms with Gasteiger partial charge in [-0.05, 0) is 55.5 Å². The Morgan fingerprint density at radius 1 is 1.47 bits per heavy atom. The first-order valence-electron chi connectivity index (χ1n) is 5.72. The van der Waals surface area contributed by atoms with E-state index in [-0.39, 0.29) is 18.3 Å². The fourth-order valence-electron chi connectivity index (χ4n) is 1.41. The summed E-state index contributed by atoms with van der Waals surface area (Å²) in [6, 6.07) is 4.61. The lowest BCUT2D eigenvalue weighted by molar-refractivity contribution is -0.152. The zero-order chi connectivity index (χ0) is 14.6. The van der Waals surface area contributed by atoms with E-state index in [9.17, 15) is 9.90 Å². The molecule has 5 nitrogen and oxygen atoms in total. The molecule has 0 aromatic heterocycles. The number of carbonyl (C=O) groups excluding carboxylic acids is 1. The van der Waals surface area contributed by atoms with Crippen LogP contribution in [0.5, 0.6) is 5.75 Å². The third kappa shape index (κ3) is 5.46. The molecule has 0 atom stereocenters. The molecule has 0 saturated carbocycles. The van der Waals surface area contributed by atoms with Crippen molar-refractivity contribution in [2.24, 2.45) is 0 Å². The maximum Gasteiger partial charge on any atom is 0.325 e. The van der Waals surface area contributed by atoms with Crippen LogP contribution in [0.15, 0.2) is 18.2 Å². The lowest BCUT2D eigenvalue weighted by Gasteiger charge is -2.20. The molecule has 3 N–H and O–H groups in total. The number of esters is 1. The number of nitrogens with one attached hydrogen (secondary N) is 2. The van der Waals surface area contributed by atoms with Gasteiger partial charge in [0.25, 0.3) is 0 Å². The maximum atomic E-state index is 11.6. The van der Waals surface area contributed by atoms with E-state index in [0.717, 1.165) is 0 Å². The van der Waals surface area contributed by atoms with Gasteiger partial charge in [0.15, 0.2) is 0 Å². The minimum atomic E-state index is -0.531. The van der Waals surface area contributed by atoms with Crippen LogP contribution in [-0.4, -0.2) is 26.9 Å². The van der Waals surface area contributed by atoms with Crippen molar-refractivity contribution in [1.82, 2.24) is 0 Å². The summed E-state index contributed by atoms with van der Waals surface area (Å²) in [5.74, 6) is -0.310. The van der Waals surface area contributed by atoms with Gasteiger partial charge in [-0.1, -0.05) is 0 Å². The molecule has 0 unspecified atom stereocenters. The minimum Gasteiger partial charge on any atom is -0.508 e. The Balaban J connectivity index is 2.75. The topological polar surface area (TPSA) is 82.4 Å². The lowest BCUT2D eigenvalue weighted by atomic mass is 10.2. The molecular formula is C13H17IN2O3. The molecule has 0 aliphatic heterocycles. The molecule has 19 heavy (non-hydrogen) atoms. The van der Waals surface area contributed by atoms with Gasteiger partial charge >= 0.3 is 5.97 Å². The van der Waals surface area contributed by atoms with Crippen molar-refractivity contribution in [1.29, 1.82) is 5.41 Å². The molecule has 1 aromatic carbocycles. The Kier molecular flexibility index (Phi) is 5.16. The van der Waals surface area contributed by atoms with Crippen LogP contribution in [0.2, 0.25) is 0 Å². The Morgan fingerprint density at radius 3 is 2.63 bits per heavy atom. The molecule has 0 spiro atoms. The van der Waals surface area contributed by atoms with Gasteiger partial charge in [0.05, 0.1) is 0 Å². The number of hydrogen-bond donors (Lipinski definition) is 3. The molecule has 0 heterocycles. The second-order valence-electron chi connectivity index (χ2n) is 4.98. The number of rotatable bonds is 4. The molecule has 0 aliphatic carbocycles. The number of halogens is 1. The number of aromatic hydroxyl groups is 1. The van der Waals surface area contributed by atoms with Gasteiger partial charge in [-0.25, -0.2) is 0 Å². The van der Waals surface area contributed by atoms with Crippen LogP contribution >= 0.6 is 22.6 Å². The molecule has 0 fully saturated rings. The van der Waals surface area contributed by atoms with Crippen molar-refractivity contribution in [3.05, 3.63) is 23.8 Å². The first-order valence-corrected chi connectivity index (χ1v) is 6.80. The van der Waals surface area contributed by atoms with E-state index in [4.69, 9.17) is 10.1 Å². The molecule has 0 saturated heterocycles. The van der Waals surface area contributed by atoms with Crippen LogP contribution in [0, 0.1) is 5.41 Å². The van der Waals surface area contributed by atoms with Crippen molar-refractivity contribution in [3.63, 3.8) is 0 Å². The lowest BCUT2D eigenvalue weighted by Crippen LogP contribution is -2.28. The molecule has 0 aliphatic rings. The summed E-state index contributed by atoms with van der Waals surface area (Å²) in [7, 11) is 0. The molecular weight excluding hydrogens is 359 g/mol. The highest BCUT2D eigenvalue weighted by molar-refractivity contribution is 14.1. The predicted molar refractivity (Wildman–Crippen MR) is 83.3 cm³/mol. The fraction of sp³-hybridized carbons (Fsp3) is 0.385. The van der Waals surface area contributed by atoms with Gasteiger partial charge in [0.2, 0.25) is 0 Å². The summed E-state index contributed by atoms with van der Waals surface area (Å²) < 4.78 is 5.49. The average molecular weight is 376 g/mol. The number of ether oxygens (including phenoxy) is 1. The van der Waals surface area contributed by atoms with Crippen molar-refractivity contribution in [2.75, 3.05) is 11.9 Å². The quantitative estimate of drug-likeness (QED) is 0.429. The molecule has 0 amide bonds. The van der Waals surface area contributed by atoms with E-state index < -0.39 is 5.60 Å². The Bertz CT molecular complexity index is 495. The van der Waals surface area contributed by atoms with E-state index >= 15 is 0 Å². The molecule has 104 valence electrons. The van der Waals surface area contributed by atoms with Crippen molar-refractivity contribution < 1.29 is 14.6 Å². The van der Waals surface area contributed by atoms with Gasteiger partial charge < -0.3 is 15.2 Å². The first-order chi connectivity index (χ1) is 8.69. The van der Waals surface area contributed by atoms with Crippen molar-refractivity contribution in [2.45, 2.75) is 26.4 Å². The fourth-order valence-corrected chi connectivity index (χ4v) is 1.89. The van der Waals surface area contributed by atoms with Gasteiger partial charge in [-0.2, -0.15) is 0 Å². The van der Waals surface area contributed by atoms with Gasteiger partial charge in [0.1, 0.15) is 21.6 Å². The predicted octanol–water partition coefficient (Wildman–Crippen LogP) is 2.91. The highest BCUT2D eigenvalue weighted by atomic mass is 127. The minimum absolute atomic E-state index is 0.0162. The summed E-state index contributed by atoms with van der Waals surface area (Å²) >= 11 is 1.87. The highest BCUT2D eigenvalue weighted by Gasteiger charge is 2.16. The number of phenolic OH excluding ortho intramolecular Hbond substituents is 1. The average Bonchev–Trinajstić information content (AvgIpc) is 2.23. The SMILES string of the molecule is CC(C)(C)OC(=O)CNc1cc(O)ccc1C(=N)I. The molecule has 6 heteroatoms. The van der Waals surface area contributed by atoms with E-state index in [1.165, 1.54) is 12.1 Å². The van der Waals surface area contributed by atoms with Crippen LogP contribution < -0.4 is 5.32 Å². The molecule has 1 aromatic rings. The van der Waals surface area contributed by atoms with Crippen LogP contribution in [0.4, 0.5) is 5.69 Å². The van der Waals surface area contributed by atoms with E-state index in [2.05, 4.69) is 5.32 Å². The largest absolute Gasteiger partial charge is 0.508 e. The van der Waals surface area contributed by atoms with Crippen molar-refractivity contribution in [3.8, 4) is 5.75 Å². The van der Waals surface area contributed by atoms with Crippen molar-refractivity contribution >= 4 is 38.0 Å². The highest BCUT2D eigenvalue weighted by Crippen LogP contribution is 2.23. The summed E-state index contributed by atoms with van der Waals surface area (Å²) in [6.07, 6.45) is 0. The molecule has 0 radical (unpaired) electrons. The van der Waals surface area contributed by atoms with Gasteiger partial charge in [-0.3, -0.25) is 10.2 Å². The van der Waals surface area contributed by atoms with Crippen LogP contribution in [0.25, 0.3) is 0 Å². The third-order valence-corrected chi connectivity index (χ3v) is 2.66. The Hall–Kier alpha value is -1.31. The number of carbonyl (C=O) groups is 1. The normalized spacial score (nSPS) is 10.9. The summed E-state index contributed by atoms with van der Waals surface area (Å²) in [6.45, 7) is 5.37. The molecule has 0 bridgehead atoms. The zero-order valence-corrected chi connectivity index (χ0v) is 13.2. The van der Waals surface area contributed by atoms with E-state index in [1.807, 2.05) is 22.6 Å². The number of phenols is 1. The second-order valence-corrected chi connectivity index (χ2v) is 6.06. The van der Waals surface area contributed by atoms with Gasteiger partial charge in [0, 0.05) is 17.3 Å². The first kappa shape index (κ1) is 15.7. The van der Waals surface area contributed by atoms with E-state index in [1.54, 1.807) is 26.8 Å². The summed E-state index contributed by atoms with van der Waals surface area (Å²) in [5.41, 5.74) is 0.628. The summed E-state index contributed by atoms with van der Waals surface area (Å²) in [4.78, 5) is 11.6. The smallest absolute Gasteiger partial charge is 0.325 e.